The van der Waals surface area contributed by atoms with E-state index in [0.29, 0.717) is 54.2 Å². The minimum atomic E-state index is -0.298. The van der Waals surface area contributed by atoms with Gasteiger partial charge in [0.25, 0.3) is 0 Å². The number of rotatable bonds is 7. The monoisotopic (exact) mass is 581 g/mol. The Balaban J connectivity index is 1.42. The highest BCUT2D eigenvalue weighted by molar-refractivity contribution is 6.36. The predicted molar refractivity (Wildman–Crippen MR) is 165 cm³/mol. The largest absolute Gasteiger partial charge is 0.462 e. The first-order chi connectivity index (χ1) is 20.5. The molecule has 0 bridgehead atoms. The number of benzene rings is 2. The summed E-state index contributed by atoms with van der Waals surface area (Å²) in [6.07, 6.45) is 5.54. The highest BCUT2D eigenvalue weighted by atomic mass is 35.5. The van der Waals surface area contributed by atoms with Crippen LogP contribution in [0, 0.1) is 11.3 Å². The molecule has 214 valence electrons. The van der Waals surface area contributed by atoms with E-state index in [0.717, 1.165) is 41.3 Å². The Labute approximate surface area is 250 Å². The maximum atomic E-state index is 12.5. The van der Waals surface area contributed by atoms with Gasteiger partial charge < -0.3 is 19.4 Å². The molecule has 0 aliphatic carbocycles. The number of aromatic nitrogens is 3. The third kappa shape index (κ3) is 5.36. The average Bonchev–Trinajstić information content (AvgIpc) is 3.43. The second kappa shape index (κ2) is 11.9. The van der Waals surface area contributed by atoms with Crippen molar-refractivity contribution in [2.75, 3.05) is 44.7 Å². The van der Waals surface area contributed by atoms with Crippen molar-refractivity contribution >= 4 is 45.1 Å². The molecule has 0 spiro atoms. The summed E-state index contributed by atoms with van der Waals surface area (Å²) >= 11 is 6.65. The molecule has 42 heavy (non-hydrogen) atoms. The molecule has 2 saturated heterocycles. The van der Waals surface area contributed by atoms with Crippen LogP contribution in [-0.4, -0.2) is 82.6 Å². The highest BCUT2D eigenvalue weighted by Crippen LogP contribution is 2.36. The van der Waals surface area contributed by atoms with E-state index in [4.69, 9.17) is 31.3 Å². The first-order valence-corrected chi connectivity index (χ1v) is 14.6. The molecule has 2 aromatic heterocycles. The third-order valence-electron chi connectivity index (χ3n) is 8.31. The van der Waals surface area contributed by atoms with E-state index in [9.17, 15) is 10.1 Å². The van der Waals surface area contributed by atoms with Crippen molar-refractivity contribution in [2.45, 2.75) is 31.3 Å². The normalized spacial score (nSPS) is 19.3. The molecule has 2 fully saturated rings. The number of carbonyl (C=O) groups excluding carboxylic acids is 1. The number of fused-ring (bicyclic) bond motifs is 2. The molecule has 6 rings (SSSR count). The highest BCUT2D eigenvalue weighted by Gasteiger charge is 2.31. The fourth-order valence-corrected chi connectivity index (χ4v) is 6.33. The van der Waals surface area contributed by atoms with Crippen molar-refractivity contribution < 1.29 is 9.53 Å². The summed E-state index contributed by atoms with van der Waals surface area (Å²) in [4.78, 5) is 33.1. The Morgan fingerprint density at radius 3 is 2.79 bits per heavy atom. The molecular weight excluding hydrogens is 550 g/mol. The standard InChI is InChI=1S/C32H32ClN7O2/c1-3-28(41)40-16-15-39(19-23(40)12-13-34)31-30-27(36-32(37-31)42-20-24-9-6-14-38(24)2)17-22(18-35-30)25-10-4-7-21-8-5-11-26(33)29(21)25/h3-5,7-8,10-11,17-18,23-24H,1,6,9,12,14-16,19-20H2,2H3/t23-,24-/m0/s1. The van der Waals surface area contributed by atoms with Gasteiger partial charge in [-0.1, -0.05) is 48.5 Å². The van der Waals surface area contributed by atoms with E-state index in [2.05, 4.69) is 29.5 Å². The minimum absolute atomic E-state index is 0.177. The maximum absolute atomic E-state index is 12.5. The molecule has 10 heteroatoms. The number of pyridine rings is 1. The van der Waals surface area contributed by atoms with Crippen LogP contribution in [0.1, 0.15) is 19.3 Å². The van der Waals surface area contributed by atoms with Crippen LogP contribution in [0.4, 0.5) is 5.82 Å². The van der Waals surface area contributed by atoms with E-state index in [-0.39, 0.29) is 24.4 Å². The predicted octanol–water partition coefficient (Wildman–Crippen LogP) is 5.09. The van der Waals surface area contributed by atoms with Crippen molar-refractivity contribution in [3.05, 3.63) is 66.3 Å². The lowest BCUT2D eigenvalue weighted by molar-refractivity contribution is -0.128. The molecule has 1 amide bonds. The van der Waals surface area contributed by atoms with Gasteiger partial charge in [-0.25, -0.2) is 0 Å². The lowest BCUT2D eigenvalue weighted by atomic mass is 9.99. The summed E-state index contributed by atoms with van der Waals surface area (Å²) < 4.78 is 6.22. The van der Waals surface area contributed by atoms with E-state index in [1.807, 2.05) is 48.7 Å². The summed E-state index contributed by atoms with van der Waals surface area (Å²) in [5, 5.41) is 12.2. The van der Waals surface area contributed by atoms with Crippen molar-refractivity contribution in [3.63, 3.8) is 0 Å². The molecule has 4 aromatic rings. The zero-order chi connectivity index (χ0) is 29.2. The zero-order valence-corrected chi connectivity index (χ0v) is 24.3. The van der Waals surface area contributed by atoms with Crippen LogP contribution in [0.2, 0.25) is 5.02 Å². The molecule has 2 aromatic carbocycles. The van der Waals surface area contributed by atoms with E-state index < -0.39 is 0 Å². The number of likely N-dealkylation sites (tertiary alicyclic amines) is 1. The van der Waals surface area contributed by atoms with Crippen LogP contribution in [0.3, 0.4) is 0 Å². The molecule has 0 radical (unpaired) electrons. The Hall–Kier alpha value is -4.26. The quantitative estimate of drug-likeness (QED) is 0.278. The number of nitriles is 1. The number of hydrogen-bond acceptors (Lipinski definition) is 8. The van der Waals surface area contributed by atoms with Crippen LogP contribution in [0.5, 0.6) is 6.01 Å². The number of carbonyl (C=O) groups is 1. The average molecular weight is 582 g/mol. The first kappa shape index (κ1) is 27.9. The molecule has 4 heterocycles. The number of anilines is 1. The van der Waals surface area contributed by atoms with Gasteiger partial charge in [-0.15, -0.1) is 0 Å². The summed E-state index contributed by atoms with van der Waals surface area (Å²) in [5.74, 6) is 0.453. The second-order valence-electron chi connectivity index (χ2n) is 10.9. The van der Waals surface area contributed by atoms with E-state index >= 15 is 0 Å². The molecule has 0 saturated carbocycles. The summed E-state index contributed by atoms with van der Waals surface area (Å²) in [7, 11) is 2.11. The van der Waals surface area contributed by atoms with Gasteiger partial charge in [-0.05, 0) is 55.6 Å². The van der Waals surface area contributed by atoms with Crippen molar-refractivity contribution in [2.24, 2.45) is 0 Å². The summed E-state index contributed by atoms with van der Waals surface area (Å²) in [6, 6.07) is 16.5. The van der Waals surface area contributed by atoms with Gasteiger partial charge in [-0.3, -0.25) is 9.78 Å². The lowest BCUT2D eigenvalue weighted by Crippen LogP contribution is -2.55. The minimum Gasteiger partial charge on any atom is -0.462 e. The number of amides is 1. The van der Waals surface area contributed by atoms with Crippen molar-refractivity contribution in [3.8, 4) is 23.2 Å². The Morgan fingerprint density at radius 2 is 2.02 bits per heavy atom. The van der Waals surface area contributed by atoms with Gasteiger partial charge >= 0.3 is 6.01 Å². The first-order valence-electron chi connectivity index (χ1n) is 14.2. The van der Waals surface area contributed by atoms with Gasteiger partial charge in [0.05, 0.1) is 24.0 Å². The molecule has 0 unspecified atom stereocenters. The SMILES string of the molecule is C=CC(=O)N1CCN(c2nc(OC[C@@H]3CCCN3C)nc3cc(-c4cccc5cccc(Cl)c45)cnc23)C[C@@H]1CC#N. The number of piperazine rings is 1. The molecule has 2 aliphatic heterocycles. The summed E-state index contributed by atoms with van der Waals surface area (Å²) in [6.45, 7) is 6.58. The fraction of sp³-hybridized carbons (Fsp3) is 0.344. The van der Waals surface area contributed by atoms with Crippen LogP contribution in [-0.2, 0) is 4.79 Å². The van der Waals surface area contributed by atoms with Crippen LogP contribution < -0.4 is 9.64 Å². The van der Waals surface area contributed by atoms with Gasteiger partial charge in [0.1, 0.15) is 12.1 Å². The van der Waals surface area contributed by atoms with Gasteiger partial charge in [0, 0.05) is 47.8 Å². The lowest BCUT2D eigenvalue weighted by Gasteiger charge is -2.40. The number of ether oxygens (including phenoxy) is 1. The van der Waals surface area contributed by atoms with Crippen molar-refractivity contribution in [1.82, 2.24) is 24.8 Å². The summed E-state index contributed by atoms with van der Waals surface area (Å²) in [5.41, 5.74) is 3.14. The second-order valence-corrected chi connectivity index (χ2v) is 11.3. The van der Waals surface area contributed by atoms with E-state index in [1.54, 1.807) is 4.90 Å². The fourth-order valence-electron chi connectivity index (χ4n) is 6.05. The molecule has 2 atom stereocenters. The topological polar surface area (TPSA) is 98.5 Å². The van der Waals surface area contributed by atoms with Gasteiger partial charge in [0.15, 0.2) is 5.82 Å². The van der Waals surface area contributed by atoms with Crippen LogP contribution in [0.15, 0.2) is 61.3 Å². The Morgan fingerprint density at radius 1 is 1.19 bits per heavy atom. The third-order valence-corrected chi connectivity index (χ3v) is 8.62. The van der Waals surface area contributed by atoms with Crippen LogP contribution in [0.25, 0.3) is 32.9 Å². The van der Waals surface area contributed by atoms with Crippen molar-refractivity contribution in [1.29, 1.82) is 5.26 Å². The number of hydrogen-bond donors (Lipinski definition) is 0. The number of likely N-dealkylation sites (N-methyl/N-ethyl adjacent to an activating group) is 1. The van der Waals surface area contributed by atoms with Crippen LogP contribution >= 0.6 is 11.6 Å². The Bertz CT molecular complexity index is 1700. The van der Waals surface area contributed by atoms with Gasteiger partial charge in [-0.2, -0.15) is 15.2 Å². The smallest absolute Gasteiger partial charge is 0.319 e. The molecule has 9 nitrogen and oxygen atoms in total. The van der Waals surface area contributed by atoms with Gasteiger partial charge in [0.2, 0.25) is 5.91 Å². The molecular formula is C32H32ClN7O2. The number of nitrogens with zero attached hydrogens (tertiary/aromatic N) is 7. The zero-order valence-electron chi connectivity index (χ0n) is 23.5. The Kier molecular flexibility index (Phi) is 7.92. The van der Waals surface area contributed by atoms with E-state index in [1.165, 1.54) is 6.08 Å². The maximum Gasteiger partial charge on any atom is 0.319 e. The number of halogens is 1. The molecule has 2 aliphatic rings. The molecule has 0 N–H and O–H groups in total.